The molecule has 0 aromatic heterocycles. The second kappa shape index (κ2) is 3.78. The first-order valence-corrected chi connectivity index (χ1v) is 3.51. The number of urea groups is 1. The molecule has 0 bridgehead atoms. The van der Waals surface area contributed by atoms with E-state index in [1.54, 1.807) is 4.90 Å². The van der Waals surface area contributed by atoms with Crippen LogP contribution in [0.15, 0.2) is 0 Å². The molecule has 0 saturated carbocycles. The predicted octanol–water partition coefficient (Wildman–Crippen LogP) is -1.40. The fourth-order valence-electron chi connectivity index (χ4n) is 1.05. The van der Waals surface area contributed by atoms with Crippen molar-refractivity contribution >= 4 is 6.03 Å². The smallest absolute Gasteiger partial charge is 0.431 e. The molecular weight excluding hydrogens is 151 g/mol. The van der Waals surface area contributed by atoms with Gasteiger partial charge < -0.3 is 10.2 Å². The summed E-state index contributed by atoms with van der Waals surface area (Å²) in [5, 5.41) is 3.77. The number of nitrogens with zero attached hydrogens (tertiary/aromatic N) is 2. The van der Waals surface area contributed by atoms with Crippen molar-refractivity contribution in [3.05, 3.63) is 5.32 Å². The third kappa shape index (κ3) is 2.65. The third-order valence-corrected chi connectivity index (χ3v) is 1.61. The Morgan fingerprint density at radius 3 is 2.18 bits per heavy atom. The molecule has 0 atom stereocenters. The molecule has 1 rings (SSSR count). The summed E-state index contributed by atoms with van der Waals surface area (Å²) in [5.41, 5.74) is -0.0584. The molecule has 2 amide bonds. The Kier molecular flexibility index (Phi) is 3.88. The van der Waals surface area contributed by atoms with Gasteiger partial charge in [-0.3, -0.25) is 4.79 Å². The molecule has 0 radical (unpaired) electrons. The van der Waals surface area contributed by atoms with Crippen LogP contribution in [0.5, 0.6) is 0 Å². The molecular formula is C7H13N2NaO. The monoisotopic (exact) mass is 164 g/mol. The van der Waals surface area contributed by atoms with Gasteiger partial charge in [0.1, 0.15) is 0 Å². The van der Waals surface area contributed by atoms with E-state index in [-0.39, 0.29) is 41.1 Å². The number of rotatable bonds is 0. The molecule has 0 aromatic carbocycles. The molecule has 0 N–H and O–H groups in total. The Morgan fingerprint density at radius 1 is 1.45 bits per heavy atom. The van der Waals surface area contributed by atoms with Gasteiger partial charge in [0.05, 0.1) is 0 Å². The molecule has 1 fully saturated rings. The summed E-state index contributed by atoms with van der Waals surface area (Å²) in [7, 11) is 0. The van der Waals surface area contributed by atoms with Gasteiger partial charge in [0.25, 0.3) is 0 Å². The van der Waals surface area contributed by atoms with Gasteiger partial charge in [-0.05, 0) is 18.6 Å². The fraction of sp³-hybridized carbons (Fsp3) is 0.857. The normalized spacial score (nSPS) is 17.7. The minimum Gasteiger partial charge on any atom is -0.431 e. The molecule has 0 aromatic rings. The van der Waals surface area contributed by atoms with Gasteiger partial charge in [-0.15, -0.1) is 0 Å². The van der Waals surface area contributed by atoms with E-state index in [0.717, 1.165) is 6.54 Å². The van der Waals surface area contributed by atoms with Crippen LogP contribution < -0.4 is 29.6 Å². The van der Waals surface area contributed by atoms with Crippen molar-refractivity contribution in [2.45, 2.75) is 26.3 Å². The van der Waals surface area contributed by atoms with Crippen molar-refractivity contribution in [3.8, 4) is 0 Å². The topological polar surface area (TPSA) is 34.4 Å². The Hall–Kier alpha value is 0.270. The minimum absolute atomic E-state index is 0. The van der Waals surface area contributed by atoms with Crippen LogP contribution in [0, 0.1) is 0 Å². The second-order valence-electron chi connectivity index (χ2n) is 3.49. The average Bonchev–Trinajstić information content (AvgIpc) is 2.11. The molecule has 1 heterocycles. The van der Waals surface area contributed by atoms with Crippen LogP contribution in [0.1, 0.15) is 20.8 Å². The van der Waals surface area contributed by atoms with Gasteiger partial charge >= 0.3 is 29.6 Å². The van der Waals surface area contributed by atoms with Crippen LogP contribution in [0.4, 0.5) is 4.79 Å². The number of carbonyl (C=O) groups excluding carboxylic acids is 1. The molecule has 1 saturated heterocycles. The summed E-state index contributed by atoms with van der Waals surface area (Å²) in [6.07, 6.45) is 0. The van der Waals surface area contributed by atoms with E-state index in [2.05, 4.69) is 5.32 Å². The second-order valence-corrected chi connectivity index (χ2v) is 3.49. The van der Waals surface area contributed by atoms with Gasteiger partial charge in [0.2, 0.25) is 0 Å². The molecule has 0 unspecified atom stereocenters. The van der Waals surface area contributed by atoms with Crippen molar-refractivity contribution in [2.24, 2.45) is 0 Å². The van der Waals surface area contributed by atoms with Crippen molar-refractivity contribution in [2.75, 3.05) is 13.1 Å². The van der Waals surface area contributed by atoms with Crippen LogP contribution in [-0.4, -0.2) is 29.6 Å². The van der Waals surface area contributed by atoms with Gasteiger partial charge in [0.15, 0.2) is 6.03 Å². The van der Waals surface area contributed by atoms with E-state index >= 15 is 0 Å². The summed E-state index contributed by atoms with van der Waals surface area (Å²) in [6, 6.07) is -0.0625. The maximum absolute atomic E-state index is 11.0. The molecule has 1 aliphatic rings. The van der Waals surface area contributed by atoms with Crippen molar-refractivity contribution < 1.29 is 34.4 Å². The maximum atomic E-state index is 11.0. The number of amides is 2. The molecule has 11 heavy (non-hydrogen) atoms. The van der Waals surface area contributed by atoms with E-state index < -0.39 is 0 Å². The molecule has 0 spiro atoms. The Morgan fingerprint density at radius 2 is 2.00 bits per heavy atom. The van der Waals surface area contributed by atoms with Gasteiger partial charge in [-0.2, -0.15) is 0 Å². The van der Waals surface area contributed by atoms with Crippen LogP contribution in [0.3, 0.4) is 0 Å². The van der Waals surface area contributed by atoms with Crippen LogP contribution in [-0.2, 0) is 0 Å². The van der Waals surface area contributed by atoms with Gasteiger partial charge in [-0.25, -0.2) is 0 Å². The van der Waals surface area contributed by atoms with Crippen molar-refractivity contribution in [3.63, 3.8) is 0 Å². The predicted molar refractivity (Wildman–Crippen MR) is 40.1 cm³/mol. The summed E-state index contributed by atoms with van der Waals surface area (Å²) >= 11 is 0. The Bertz CT molecular complexity index is 153. The first-order chi connectivity index (χ1) is 4.52. The largest absolute Gasteiger partial charge is 1.00 e. The van der Waals surface area contributed by atoms with Crippen LogP contribution in [0.25, 0.3) is 5.32 Å². The number of hydrogen-bond donors (Lipinski definition) is 0. The SMILES string of the molecule is CC(C)(C)N1CC[N-]C1=O.[Na+]. The van der Waals surface area contributed by atoms with E-state index in [9.17, 15) is 4.79 Å². The van der Waals surface area contributed by atoms with E-state index in [4.69, 9.17) is 0 Å². The molecule has 58 valence electrons. The minimum atomic E-state index is -0.0625. The van der Waals surface area contributed by atoms with Gasteiger partial charge in [-0.1, -0.05) is 20.8 Å². The van der Waals surface area contributed by atoms with E-state index in [1.165, 1.54) is 0 Å². The Balaban J connectivity index is 0.000001000. The standard InChI is InChI=1S/C7H14N2O.Na/c1-7(2,3)9-5-4-8-6(9)10;/h4-5H2,1-3H3,(H,8,10);/q;+1/p-1. The zero-order chi connectivity index (χ0) is 7.78. The number of hydrogen-bond acceptors (Lipinski definition) is 1. The van der Waals surface area contributed by atoms with Crippen LogP contribution in [0.2, 0.25) is 0 Å². The quantitative estimate of drug-likeness (QED) is 0.405. The average molecular weight is 164 g/mol. The summed E-state index contributed by atoms with van der Waals surface area (Å²) < 4.78 is 0. The van der Waals surface area contributed by atoms with Crippen LogP contribution >= 0.6 is 0 Å². The Labute approximate surface area is 89.8 Å². The molecule has 1 aliphatic heterocycles. The first-order valence-electron chi connectivity index (χ1n) is 3.51. The summed E-state index contributed by atoms with van der Waals surface area (Å²) in [4.78, 5) is 12.8. The summed E-state index contributed by atoms with van der Waals surface area (Å²) in [5.74, 6) is 0. The van der Waals surface area contributed by atoms with Gasteiger partial charge in [0, 0.05) is 0 Å². The zero-order valence-electron chi connectivity index (χ0n) is 7.72. The third-order valence-electron chi connectivity index (χ3n) is 1.61. The summed E-state index contributed by atoms with van der Waals surface area (Å²) in [6.45, 7) is 7.50. The van der Waals surface area contributed by atoms with E-state index in [0.29, 0.717) is 6.54 Å². The maximum Gasteiger partial charge on any atom is 1.00 e. The van der Waals surface area contributed by atoms with E-state index in [1.807, 2.05) is 20.8 Å². The van der Waals surface area contributed by atoms with Crippen molar-refractivity contribution in [1.82, 2.24) is 4.90 Å². The first kappa shape index (κ1) is 11.3. The fourth-order valence-corrected chi connectivity index (χ4v) is 1.05. The number of carbonyl (C=O) groups is 1. The molecule has 4 heteroatoms. The molecule has 0 aliphatic carbocycles. The van der Waals surface area contributed by atoms with Crippen molar-refractivity contribution in [1.29, 1.82) is 0 Å². The molecule has 3 nitrogen and oxygen atoms in total. The zero-order valence-corrected chi connectivity index (χ0v) is 9.72.